The normalized spacial score (nSPS) is 13.5. The lowest BCUT2D eigenvalue weighted by Gasteiger charge is -2.18. The van der Waals surface area contributed by atoms with E-state index >= 15 is 0 Å². The average molecular weight is 1110 g/mol. The van der Waals surface area contributed by atoms with E-state index in [1.807, 2.05) is 0 Å². The molecule has 0 amide bonds. The quantitative estimate of drug-likeness (QED) is 0.0261. The zero-order valence-electron chi connectivity index (χ0n) is 51.5. The van der Waals surface area contributed by atoms with Crippen molar-refractivity contribution < 1.29 is 28.6 Å². The molecule has 0 fully saturated rings. The summed E-state index contributed by atoms with van der Waals surface area (Å²) in [6.07, 6.45) is 102. The number of unbranched alkanes of at least 4 members (excludes halogenated alkanes) is 12. The highest BCUT2D eigenvalue weighted by atomic mass is 16.6. The number of rotatable bonds is 55. The molecule has 0 aliphatic carbocycles. The van der Waals surface area contributed by atoms with Gasteiger partial charge in [-0.15, -0.1) is 0 Å². The average Bonchev–Trinajstić information content (AvgIpc) is 3.47. The van der Waals surface area contributed by atoms with Gasteiger partial charge in [0.05, 0.1) is 0 Å². The van der Waals surface area contributed by atoms with Gasteiger partial charge in [-0.2, -0.15) is 0 Å². The van der Waals surface area contributed by atoms with Crippen LogP contribution in [0.2, 0.25) is 0 Å². The molecule has 1 atom stereocenters. The molecule has 0 aliphatic heterocycles. The highest BCUT2D eigenvalue weighted by Gasteiger charge is 2.19. The minimum atomic E-state index is -0.811. The van der Waals surface area contributed by atoms with Gasteiger partial charge in [0.1, 0.15) is 13.2 Å². The summed E-state index contributed by atoms with van der Waals surface area (Å²) < 4.78 is 16.7. The van der Waals surface area contributed by atoms with Crippen LogP contribution < -0.4 is 0 Å². The lowest BCUT2D eigenvalue weighted by Crippen LogP contribution is -2.30. The number of allylic oxidation sites excluding steroid dienone is 32. The van der Waals surface area contributed by atoms with Crippen LogP contribution in [0, 0.1) is 0 Å². The third-order valence-corrected chi connectivity index (χ3v) is 12.6. The van der Waals surface area contributed by atoms with Crippen LogP contribution in [0.1, 0.15) is 239 Å². The van der Waals surface area contributed by atoms with Gasteiger partial charge in [-0.25, -0.2) is 0 Å². The summed E-state index contributed by atoms with van der Waals surface area (Å²) in [6.45, 7) is 6.26. The zero-order chi connectivity index (χ0) is 58.5. The molecular weight excluding hydrogens is 997 g/mol. The first-order valence-corrected chi connectivity index (χ1v) is 31.9. The lowest BCUT2D eigenvalue weighted by molar-refractivity contribution is -0.167. The molecule has 6 nitrogen and oxygen atoms in total. The SMILES string of the molecule is CC/C=C\C/C=C\C/C=C\C/C=C\C/C=C\C/C=C\C/C=C\C/C=C\CCCCCCC(=O)OCC(COC(=O)CCCCCCC)OC(=O)CCCCCC/C=C\C/C=C\C/C=C\C/C=C\C/C=C\C/C=C\C/C=C\C/C=C\CC. The molecule has 6 heteroatoms. The summed E-state index contributed by atoms with van der Waals surface area (Å²) in [5.41, 5.74) is 0. The first-order valence-electron chi connectivity index (χ1n) is 31.9. The van der Waals surface area contributed by atoms with Gasteiger partial charge in [-0.3, -0.25) is 14.4 Å². The van der Waals surface area contributed by atoms with E-state index in [1.165, 1.54) is 0 Å². The highest BCUT2D eigenvalue weighted by Crippen LogP contribution is 2.12. The molecule has 81 heavy (non-hydrogen) atoms. The molecular formula is C75H114O6. The van der Waals surface area contributed by atoms with Crippen LogP contribution in [0.15, 0.2) is 194 Å². The lowest BCUT2D eigenvalue weighted by atomic mass is 10.1. The molecule has 0 saturated carbocycles. The Morgan fingerprint density at radius 2 is 0.481 bits per heavy atom. The molecule has 0 heterocycles. The van der Waals surface area contributed by atoms with Crippen molar-refractivity contribution in [2.24, 2.45) is 0 Å². The second-order valence-electron chi connectivity index (χ2n) is 20.2. The molecule has 0 rings (SSSR count). The van der Waals surface area contributed by atoms with Gasteiger partial charge in [0.2, 0.25) is 0 Å². The fourth-order valence-corrected chi connectivity index (χ4v) is 7.88. The highest BCUT2D eigenvalue weighted by molar-refractivity contribution is 5.71. The molecule has 0 bridgehead atoms. The Kier molecular flexibility index (Phi) is 62.0. The predicted octanol–water partition coefficient (Wildman–Crippen LogP) is 22.2. The Morgan fingerprint density at radius 3 is 0.741 bits per heavy atom. The Morgan fingerprint density at radius 1 is 0.259 bits per heavy atom. The van der Waals surface area contributed by atoms with Crippen molar-refractivity contribution in [1.82, 2.24) is 0 Å². The summed E-state index contributed by atoms with van der Waals surface area (Å²) in [7, 11) is 0. The van der Waals surface area contributed by atoms with E-state index in [2.05, 4.69) is 215 Å². The summed E-state index contributed by atoms with van der Waals surface area (Å²) in [5, 5.41) is 0. The van der Waals surface area contributed by atoms with Crippen LogP contribution in [-0.4, -0.2) is 37.2 Å². The van der Waals surface area contributed by atoms with Gasteiger partial charge in [0, 0.05) is 19.3 Å². The van der Waals surface area contributed by atoms with Crippen LogP contribution in [-0.2, 0) is 28.6 Å². The maximum Gasteiger partial charge on any atom is 0.306 e. The number of carbonyl (C=O) groups excluding carboxylic acids is 3. The fourth-order valence-electron chi connectivity index (χ4n) is 7.88. The van der Waals surface area contributed by atoms with Gasteiger partial charge in [0.25, 0.3) is 0 Å². The maximum absolute atomic E-state index is 12.8. The maximum atomic E-state index is 12.8. The molecule has 0 aromatic rings. The van der Waals surface area contributed by atoms with Crippen molar-refractivity contribution in [3.05, 3.63) is 194 Å². The van der Waals surface area contributed by atoms with Crippen LogP contribution >= 0.6 is 0 Å². The number of ether oxygens (including phenoxy) is 3. The summed E-state index contributed by atoms with van der Waals surface area (Å²) in [6, 6.07) is 0. The minimum Gasteiger partial charge on any atom is -0.462 e. The second-order valence-corrected chi connectivity index (χ2v) is 20.2. The Bertz CT molecular complexity index is 1950. The summed E-state index contributed by atoms with van der Waals surface area (Å²) >= 11 is 0. The van der Waals surface area contributed by atoms with Crippen molar-refractivity contribution in [3.8, 4) is 0 Å². The first kappa shape index (κ1) is 75.2. The third kappa shape index (κ3) is 64.9. The van der Waals surface area contributed by atoms with Crippen LogP contribution in [0.3, 0.4) is 0 Å². The molecule has 0 spiro atoms. The standard InChI is InChI=1S/C75H114O6/c1-4-7-10-13-15-17-19-21-23-25-27-29-31-33-35-37-39-41-43-45-47-49-51-53-55-57-59-62-65-68-74(77)80-71-72(70-79-73(76)67-64-61-12-9-6-3)81-75(78)69-66-63-60-58-56-54-52-50-48-46-44-42-40-38-36-34-32-30-28-26-24-22-20-18-16-14-11-8-5-2/h7-8,10-11,15-18,21-24,27-30,33-36,39-42,45-48,51-54,72H,4-6,9,12-14,19-20,25-26,31-32,37-38,43-44,49-50,55-71H2,1-3H3/b10-7-,11-8-,17-15-,18-16-,23-21-,24-22-,29-27-,30-28-,35-33-,36-34-,41-39-,42-40-,47-45-,48-46-,53-51-,54-52-. The molecule has 0 saturated heterocycles. The second kappa shape index (κ2) is 66.8. The Balaban J connectivity index is 4.24. The predicted molar refractivity (Wildman–Crippen MR) is 352 cm³/mol. The molecule has 0 aromatic carbocycles. The van der Waals surface area contributed by atoms with Gasteiger partial charge < -0.3 is 14.2 Å². The zero-order valence-corrected chi connectivity index (χ0v) is 51.5. The fraction of sp³-hybridized carbons (Fsp3) is 0.533. The number of carbonyl (C=O) groups is 3. The summed E-state index contributed by atoms with van der Waals surface area (Å²) in [5.74, 6) is -0.985. The monoisotopic (exact) mass is 1110 g/mol. The van der Waals surface area contributed by atoms with Gasteiger partial charge >= 0.3 is 17.9 Å². The largest absolute Gasteiger partial charge is 0.462 e. The van der Waals surface area contributed by atoms with Crippen molar-refractivity contribution in [2.75, 3.05) is 13.2 Å². The minimum absolute atomic E-state index is 0.108. The Labute approximate surface area is 497 Å². The van der Waals surface area contributed by atoms with E-state index in [0.717, 1.165) is 199 Å². The third-order valence-electron chi connectivity index (χ3n) is 12.6. The molecule has 0 radical (unpaired) electrons. The number of hydrogen-bond acceptors (Lipinski definition) is 6. The van der Waals surface area contributed by atoms with E-state index in [4.69, 9.17) is 14.2 Å². The van der Waals surface area contributed by atoms with Crippen molar-refractivity contribution in [2.45, 2.75) is 245 Å². The van der Waals surface area contributed by atoms with Gasteiger partial charge in [-0.05, 0) is 148 Å². The number of hydrogen-bond donors (Lipinski definition) is 0. The molecule has 0 aliphatic rings. The number of esters is 3. The Hall–Kier alpha value is -5.75. The molecule has 0 N–H and O–H groups in total. The van der Waals surface area contributed by atoms with Crippen LogP contribution in [0.5, 0.6) is 0 Å². The topological polar surface area (TPSA) is 78.9 Å². The van der Waals surface area contributed by atoms with Crippen molar-refractivity contribution in [3.63, 3.8) is 0 Å². The summed E-state index contributed by atoms with van der Waals surface area (Å²) in [4.78, 5) is 37.9. The van der Waals surface area contributed by atoms with Gasteiger partial charge in [0.15, 0.2) is 6.10 Å². The van der Waals surface area contributed by atoms with Crippen molar-refractivity contribution >= 4 is 17.9 Å². The van der Waals surface area contributed by atoms with Crippen LogP contribution in [0.4, 0.5) is 0 Å². The molecule has 450 valence electrons. The van der Waals surface area contributed by atoms with Crippen LogP contribution in [0.25, 0.3) is 0 Å². The van der Waals surface area contributed by atoms with Crippen molar-refractivity contribution in [1.29, 1.82) is 0 Å². The van der Waals surface area contributed by atoms with E-state index in [0.29, 0.717) is 12.8 Å². The van der Waals surface area contributed by atoms with E-state index < -0.39 is 6.10 Å². The van der Waals surface area contributed by atoms with E-state index in [9.17, 15) is 14.4 Å². The van der Waals surface area contributed by atoms with E-state index in [1.54, 1.807) is 0 Å². The molecule has 1 unspecified atom stereocenters. The molecule has 0 aromatic heterocycles. The smallest absolute Gasteiger partial charge is 0.306 e. The van der Waals surface area contributed by atoms with E-state index in [-0.39, 0.29) is 37.5 Å². The van der Waals surface area contributed by atoms with Gasteiger partial charge in [-0.1, -0.05) is 267 Å². The first-order chi connectivity index (χ1) is 40.0.